The quantitative estimate of drug-likeness (QED) is 0.0277. The van der Waals surface area contributed by atoms with Crippen LogP contribution < -0.4 is 0 Å². The van der Waals surface area contributed by atoms with E-state index in [1.54, 1.807) is 0 Å². The predicted molar refractivity (Wildman–Crippen MR) is 212 cm³/mol. The van der Waals surface area contributed by atoms with Crippen molar-refractivity contribution in [2.45, 2.75) is 251 Å². The van der Waals surface area contributed by atoms with Gasteiger partial charge in [-0.05, 0) is 25.7 Å². The maximum Gasteiger partial charge on any atom is 0.201 e. The number of aldehydes is 1. The highest BCUT2D eigenvalue weighted by Crippen LogP contribution is 2.43. The minimum Gasteiger partial charge on any atom is -0.385 e. The number of hydrogen-bond donors (Lipinski definition) is 4. The molecule has 0 saturated carbocycles. The number of carbonyl (C=O) groups excluding carboxylic acids is 4. The van der Waals surface area contributed by atoms with Gasteiger partial charge in [0, 0.05) is 0 Å². The van der Waals surface area contributed by atoms with E-state index >= 15 is 0 Å². The lowest BCUT2D eigenvalue weighted by Crippen LogP contribution is -2.68. The van der Waals surface area contributed by atoms with Crippen LogP contribution in [-0.2, 0) is 19.2 Å². The molecule has 306 valence electrons. The number of aliphatic hydroxyl groups excluding tert-OH is 3. The molecule has 0 aromatic rings. The summed E-state index contributed by atoms with van der Waals surface area (Å²) in [4.78, 5) is 56.1. The smallest absolute Gasteiger partial charge is 0.201 e. The first kappa shape index (κ1) is 50.5. The molecule has 52 heavy (non-hydrogen) atoms. The van der Waals surface area contributed by atoms with E-state index in [1.165, 1.54) is 25.7 Å². The maximum atomic E-state index is 14.5. The molecule has 0 fully saturated rings. The number of rotatable bonds is 39. The van der Waals surface area contributed by atoms with Gasteiger partial charge in [-0.2, -0.15) is 0 Å². The van der Waals surface area contributed by atoms with Gasteiger partial charge in [-0.1, -0.05) is 201 Å². The molecule has 0 bridgehead atoms. The zero-order chi connectivity index (χ0) is 39.1. The third-order valence-corrected chi connectivity index (χ3v) is 11.1. The fourth-order valence-electron chi connectivity index (χ4n) is 7.57. The van der Waals surface area contributed by atoms with Crippen LogP contribution in [0.5, 0.6) is 0 Å². The van der Waals surface area contributed by atoms with Crippen molar-refractivity contribution < 1.29 is 39.6 Å². The average Bonchev–Trinajstić information content (AvgIpc) is 3.15. The van der Waals surface area contributed by atoms with Crippen LogP contribution in [0.1, 0.15) is 227 Å². The fraction of sp³-hybridized carbons (Fsp3) is 0.909. The highest BCUT2D eigenvalue weighted by atomic mass is 16.3. The van der Waals surface area contributed by atoms with Crippen LogP contribution in [0.3, 0.4) is 0 Å². The van der Waals surface area contributed by atoms with Crippen LogP contribution in [0.15, 0.2) is 0 Å². The molecule has 0 saturated heterocycles. The number of Topliss-reactive ketones (excluding diaryl/α,β-unsaturated/α-hetero) is 3. The molecule has 0 aromatic carbocycles. The lowest BCUT2D eigenvalue weighted by Gasteiger charge is -2.43. The number of hydrogen-bond acceptors (Lipinski definition) is 8. The van der Waals surface area contributed by atoms with Gasteiger partial charge in [0.1, 0.15) is 23.7 Å². The molecule has 0 aliphatic rings. The van der Waals surface area contributed by atoms with Crippen LogP contribution in [0.4, 0.5) is 0 Å². The van der Waals surface area contributed by atoms with Gasteiger partial charge in [0.2, 0.25) is 11.4 Å². The van der Waals surface area contributed by atoms with Gasteiger partial charge in [0.25, 0.3) is 0 Å². The molecule has 5 atom stereocenters. The number of ketones is 3. The molecule has 8 heteroatoms. The molecule has 0 radical (unpaired) electrons. The first-order valence-electron chi connectivity index (χ1n) is 21.9. The van der Waals surface area contributed by atoms with Gasteiger partial charge < -0.3 is 20.4 Å². The summed E-state index contributed by atoms with van der Waals surface area (Å²) in [6.45, 7) is 8.49. The summed E-state index contributed by atoms with van der Waals surface area (Å²) >= 11 is 0. The van der Waals surface area contributed by atoms with Crippen molar-refractivity contribution in [1.82, 2.24) is 0 Å². The zero-order valence-corrected chi connectivity index (χ0v) is 34.2. The average molecular weight is 739 g/mol. The molecular formula is C44H82O8. The Labute approximate surface area is 318 Å². The molecule has 0 aliphatic carbocycles. The second kappa shape index (κ2) is 31.8. The summed E-state index contributed by atoms with van der Waals surface area (Å²) in [7, 11) is 0. The second-order valence-corrected chi connectivity index (χ2v) is 15.7. The number of carbonyl (C=O) groups is 4. The Morgan fingerprint density at radius 3 is 0.981 bits per heavy atom. The van der Waals surface area contributed by atoms with Crippen molar-refractivity contribution in [1.29, 1.82) is 0 Å². The minimum atomic E-state index is -3.23. The summed E-state index contributed by atoms with van der Waals surface area (Å²) in [6, 6.07) is 0. The molecule has 0 aliphatic heterocycles. The van der Waals surface area contributed by atoms with Crippen molar-refractivity contribution in [2.24, 2.45) is 5.41 Å². The second-order valence-electron chi connectivity index (χ2n) is 15.7. The summed E-state index contributed by atoms with van der Waals surface area (Å²) < 4.78 is 0. The Morgan fingerprint density at radius 1 is 0.423 bits per heavy atom. The summed E-state index contributed by atoms with van der Waals surface area (Å²) in [5.41, 5.74) is -5.94. The van der Waals surface area contributed by atoms with Crippen molar-refractivity contribution in [2.75, 3.05) is 0 Å². The molecule has 0 heterocycles. The van der Waals surface area contributed by atoms with Crippen molar-refractivity contribution in [3.05, 3.63) is 0 Å². The van der Waals surface area contributed by atoms with Gasteiger partial charge in [-0.25, -0.2) is 0 Å². The number of aliphatic hydroxyl groups is 4. The Hall–Kier alpha value is -1.48. The number of unbranched alkanes of at least 4 members (excludes halogenated alkanes) is 23. The molecule has 0 rings (SSSR count). The molecule has 0 amide bonds. The van der Waals surface area contributed by atoms with Crippen LogP contribution in [-0.4, -0.2) is 68.0 Å². The lowest BCUT2D eigenvalue weighted by molar-refractivity contribution is -0.183. The molecular weight excluding hydrogens is 656 g/mol. The van der Waals surface area contributed by atoms with E-state index in [-0.39, 0.29) is 38.4 Å². The van der Waals surface area contributed by atoms with Crippen LogP contribution >= 0.6 is 0 Å². The van der Waals surface area contributed by atoms with Gasteiger partial charge in [-0.15, -0.1) is 0 Å². The van der Waals surface area contributed by atoms with E-state index < -0.39 is 46.7 Å². The van der Waals surface area contributed by atoms with Gasteiger partial charge in [0.05, 0.1) is 0 Å². The Balaban J connectivity index is 6.43. The molecule has 4 N–H and O–H groups in total. The minimum absolute atomic E-state index is 0.00306. The zero-order valence-electron chi connectivity index (χ0n) is 34.2. The summed E-state index contributed by atoms with van der Waals surface area (Å²) in [5.74, 6) is -3.49. The van der Waals surface area contributed by atoms with E-state index in [1.807, 2.05) is 6.92 Å². The SMILES string of the molecule is CCCCCCCCCCCC(C(=O)C(O)CCCCCC)(C(=O)C(O)CCCCCCCC)C(O)(C=O)C(=O)C(O)CCCCCCCCCC. The van der Waals surface area contributed by atoms with Crippen molar-refractivity contribution in [3.8, 4) is 0 Å². The third kappa shape index (κ3) is 18.7. The van der Waals surface area contributed by atoms with E-state index in [4.69, 9.17) is 0 Å². The highest BCUT2D eigenvalue weighted by molar-refractivity contribution is 6.21. The Kier molecular flexibility index (Phi) is 30.9. The Bertz CT molecular complexity index is 922. The monoisotopic (exact) mass is 739 g/mol. The van der Waals surface area contributed by atoms with Crippen molar-refractivity contribution >= 4 is 23.6 Å². The largest absolute Gasteiger partial charge is 0.385 e. The predicted octanol–water partition coefficient (Wildman–Crippen LogP) is 9.87. The Morgan fingerprint density at radius 2 is 0.673 bits per heavy atom. The maximum absolute atomic E-state index is 14.5. The van der Waals surface area contributed by atoms with E-state index in [0.717, 1.165) is 116 Å². The third-order valence-electron chi connectivity index (χ3n) is 11.1. The standard InChI is InChI=1S/C44H82O8/c1-5-9-13-17-20-22-24-27-31-35-43(40(49)37(46)32-28-16-12-8-4,41(50)38(47)33-29-25-19-15-11-7-3)44(52,36-45)42(51)39(48)34-30-26-23-21-18-14-10-6-2/h36-39,46-48,52H,5-35H2,1-4H3. The topological polar surface area (TPSA) is 149 Å². The van der Waals surface area contributed by atoms with E-state index in [9.17, 15) is 39.6 Å². The summed E-state index contributed by atoms with van der Waals surface area (Å²) in [6.07, 6.45) is 18.9. The molecule has 0 spiro atoms. The van der Waals surface area contributed by atoms with Crippen molar-refractivity contribution in [3.63, 3.8) is 0 Å². The van der Waals surface area contributed by atoms with Crippen LogP contribution in [0.2, 0.25) is 0 Å². The highest BCUT2D eigenvalue weighted by Gasteiger charge is 2.66. The van der Waals surface area contributed by atoms with E-state index in [2.05, 4.69) is 20.8 Å². The van der Waals surface area contributed by atoms with Gasteiger partial charge in [-0.3, -0.25) is 19.2 Å². The lowest BCUT2D eigenvalue weighted by atomic mass is 9.58. The molecule has 5 unspecified atom stereocenters. The first-order valence-corrected chi connectivity index (χ1v) is 21.9. The molecule has 8 nitrogen and oxygen atoms in total. The van der Waals surface area contributed by atoms with Crippen LogP contribution in [0.25, 0.3) is 0 Å². The van der Waals surface area contributed by atoms with Gasteiger partial charge >= 0.3 is 0 Å². The van der Waals surface area contributed by atoms with Crippen LogP contribution in [0, 0.1) is 5.41 Å². The fourth-order valence-corrected chi connectivity index (χ4v) is 7.57. The van der Waals surface area contributed by atoms with E-state index in [0.29, 0.717) is 25.7 Å². The molecule has 0 aromatic heterocycles. The van der Waals surface area contributed by atoms with Gasteiger partial charge in [0.15, 0.2) is 17.9 Å². The summed E-state index contributed by atoms with van der Waals surface area (Å²) in [5, 5.41) is 46.0. The first-order chi connectivity index (χ1) is 25.0. The normalized spacial score (nSPS) is 15.8.